The average Bonchev–Trinajstić information content (AvgIpc) is 2.55. The minimum absolute atomic E-state index is 0.0279. The fourth-order valence-corrected chi connectivity index (χ4v) is 3.38. The summed E-state index contributed by atoms with van der Waals surface area (Å²) in [7, 11) is 0. The summed E-state index contributed by atoms with van der Waals surface area (Å²) in [4.78, 5) is 21.3. The number of thioether (sulfide) groups is 1. The van der Waals surface area contributed by atoms with Gasteiger partial charge in [0.25, 0.3) is 5.56 Å². The van der Waals surface area contributed by atoms with Crippen molar-refractivity contribution in [1.29, 1.82) is 0 Å². The molecule has 3 nitrogen and oxygen atoms in total. The largest absolute Gasteiger partial charge is 0.301 e. The van der Waals surface area contributed by atoms with E-state index in [1.807, 2.05) is 32.9 Å². The lowest BCUT2D eigenvalue weighted by Crippen LogP contribution is -2.08. The Hall–Kier alpha value is -1.07. The van der Waals surface area contributed by atoms with Gasteiger partial charge in [0, 0.05) is 10.6 Å². The van der Waals surface area contributed by atoms with Crippen molar-refractivity contribution in [2.24, 2.45) is 0 Å². The van der Waals surface area contributed by atoms with Crippen LogP contribution in [-0.4, -0.2) is 15.7 Å². The molecule has 5 heteroatoms. The smallest absolute Gasteiger partial charge is 0.260 e. The first-order valence-corrected chi connectivity index (χ1v) is 7.17. The highest BCUT2D eigenvalue weighted by Gasteiger charge is 2.11. The summed E-state index contributed by atoms with van der Waals surface area (Å²) in [6.07, 6.45) is 4.03. The number of aromatic nitrogens is 2. The van der Waals surface area contributed by atoms with E-state index in [1.54, 1.807) is 23.1 Å². The highest BCUT2D eigenvalue weighted by Crippen LogP contribution is 2.27. The predicted octanol–water partition coefficient (Wildman–Crippen LogP) is 3.27. The van der Waals surface area contributed by atoms with Gasteiger partial charge in [-0.25, -0.2) is 4.98 Å². The van der Waals surface area contributed by atoms with Gasteiger partial charge in [0.1, 0.15) is 4.83 Å². The van der Waals surface area contributed by atoms with E-state index in [2.05, 4.69) is 9.97 Å². The molecule has 0 aliphatic heterocycles. The number of nitrogens with zero attached hydrogens (tertiary/aromatic N) is 1. The van der Waals surface area contributed by atoms with Crippen LogP contribution in [0.3, 0.4) is 0 Å². The SMILES string of the molecule is C/C=C\CSc1nc2sc(C)c(C)c2c(=O)[nH]1. The van der Waals surface area contributed by atoms with Gasteiger partial charge >= 0.3 is 0 Å². The van der Waals surface area contributed by atoms with Gasteiger partial charge in [-0.1, -0.05) is 23.9 Å². The van der Waals surface area contributed by atoms with Crippen molar-refractivity contribution in [1.82, 2.24) is 9.97 Å². The number of aryl methyl sites for hydroxylation is 2. The molecular weight excluding hydrogens is 252 g/mol. The summed E-state index contributed by atoms with van der Waals surface area (Å²) in [5.74, 6) is 0.828. The maximum Gasteiger partial charge on any atom is 0.260 e. The third-order valence-corrected chi connectivity index (χ3v) is 4.50. The summed E-state index contributed by atoms with van der Waals surface area (Å²) >= 11 is 3.13. The van der Waals surface area contributed by atoms with Crippen LogP contribution in [0.5, 0.6) is 0 Å². The van der Waals surface area contributed by atoms with E-state index in [-0.39, 0.29) is 5.56 Å². The summed E-state index contributed by atoms with van der Waals surface area (Å²) < 4.78 is 0. The van der Waals surface area contributed by atoms with Crippen molar-refractivity contribution in [3.63, 3.8) is 0 Å². The van der Waals surface area contributed by atoms with Crippen LogP contribution in [0.25, 0.3) is 10.2 Å². The molecule has 0 atom stereocenters. The molecule has 0 fully saturated rings. The topological polar surface area (TPSA) is 45.8 Å². The zero-order valence-electron chi connectivity index (χ0n) is 10.0. The Balaban J connectivity index is 2.45. The van der Waals surface area contributed by atoms with Gasteiger partial charge in [-0.15, -0.1) is 11.3 Å². The van der Waals surface area contributed by atoms with Crippen molar-refractivity contribution >= 4 is 33.3 Å². The number of nitrogens with one attached hydrogen (secondary N) is 1. The molecule has 17 heavy (non-hydrogen) atoms. The second kappa shape index (κ2) is 5.06. The Morgan fingerprint density at radius 3 is 2.94 bits per heavy atom. The second-order valence-corrected chi connectivity index (χ2v) is 5.93. The number of rotatable bonds is 3. The van der Waals surface area contributed by atoms with E-state index in [4.69, 9.17) is 0 Å². The van der Waals surface area contributed by atoms with Gasteiger partial charge in [0.15, 0.2) is 5.16 Å². The molecule has 0 saturated carbocycles. The number of allylic oxidation sites excluding steroid dienone is 1. The zero-order chi connectivity index (χ0) is 12.4. The molecule has 0 unspecified atom stereocenters. The van der Waals surface area contributed by atoms with Crippen LogP contribution in [-0.2, 0) is 0 Å². The number of hydrogen-bond donors (Lipinski definition) is 1. The second-order valence-electron chi connectivity index (χ2n) is 3.71. The summed E-state index contributed by atoms with van der Waals surface area (Å²) in [6, 6.07) is 0. The van der Waals surface area contributed by atoms with Crippen LogP contribution < -0.4 is 5.56 Å². The zero-order valence-corrected chi connectivity index (χ0v) is 11.7. The lowest BCUT2D eigenvalue weighted by Gasteiger charge is -1.97. The minimum Gasteiger partial charge on any atom is -0.301 e. The maximum atomic E-state index is 11.9. The van der Waals surface area contributed by atoms with E-state index in [1.165, 1.54) is 0 Å². The van der Waals surface area contributed by atoms with Gasteiger partial charge < -0.3 is 4.98 Å². The molecule has 0 spiro atoms. The van der Waals surface area contributed by atoms with Crippen LogP contribution in [0.2, 0.25) is 0 Å². The Labute approximate surface area is 108 Å². The maximum absolute atomic E-state index is 11.9. The minimum atomic E-state index is -0.0279. The lowest BCUT2D eigenvalue weighted by atomic mass is 10.2. The molecule has 1 N–H and O–H groups in total. The van der Waals surface area contributed by atoms with Gasteiger partial charge in [0.05, 0.1) is 5.39 Å². The van der Waals surface area contributed by atoms with Gasteiger partial charge in [-0.05, 0) is 26.3 Å². The van der Waals surface area contributed by atoms with E-state index in [0.29, 0.717) is 5.16 Å². The normalized spacial score (nSPS) is 11.7. The Kier molecular flexibility index (Phi) is 3.69. The number of thiophene rings is 1. The molecule has 2 aromatic heterocycles. The number of hydrogen-bond acceptors (Lipinski definition) is 4. The summed E-state index contributed by atoms with van der Waals surface area (Å²) in [5.41, 5.74) is 1.02. The molecule has 0 aromatic carbocycles. The molecular formula is C12H14N2OS2. The first-order valence-electron chi connectivity index (χ1n) is 5.37. The van der Waals surface area contributed by atoms with Gasteiger partial charge in [-0.2, -0.15) is 0 Å². The molecule has 90 valence electrons. The highest BCUT2D eigenvalue weighted by atomic mass is 32.2. The van der Waals surface area contributed by atoms with Crippen LogP contribution in [0.1, 0.15) is 17.4 Å². The average molecular weight is 266 g/mol. The molecule has 0 saturated heterocycles. The van der Waals surface area contributed by atoms with Crippen LogP contribution in [0, 0.1) is 13.8 Å². The van der Waals surface area contributed by atoms with Gasteiger partial charge in [0.2, 0.25) is 0 Å². The third kappa shape index (κ3) is 2.45. The number of H-pyrrole nitrogens is 1. The van der Waals surface area contributed by atoms with Crippen LogP contribution >= 0.6 is 23.1 Å². The van der Waals surface area contributed by atoms with Gasteiger partial charge in [-0.3, -0.25) is 4.79 Å². The number of fused-ring (bicyclic) bond motifs is 1. The fourth-order valence-electron chi connectivity index (χ4n) is 1.53. The molecule has 0 aliphatic rings. The molecule has 2 rings (SSSR count). The first-order chi connectivity index (χ1) is 8.13. The van der Waals surface area contributed by atoms with E-state index in [0.717, 1.165) is 26.4 Å². The fraction of sp³-hybridized carbons (Fsp3) is 0.333. The molecule has 0 bridgehead atoms. The Bertz CT molecular complexity index is 625. The van der Waals surface area contributed by atoms with Crippen LogP contribution in [0.15, 0.2) is 22.1 Å². The molecule has 0 aliphatic carbocycles. The van der Waals surface area contributed by atoms with E-state index in [9.17, 15) is 4.79 Å². The molecule has 0 radical (unpaired) electrons. The summed E-state index contributed by atoms with van der Waals surface area (Å²) in [6.45, 7) is 5.97. The Morgan fingerprint density at radius 1 is 1.47 bits per heavy atom. The Morgan fingerprint density at radius 2 is 2.24 bits per heavy atom. The quantitative estimate of drug-likeness (QED) is 0.527. The standard InChI is InChI=1S/C12H14N2OS2/c1-4-5-6-16-12-13-10(15)9-7(2)8(3)17-11(9)14-12/h4-5H,6H2,1-3H3,(H,13,14,15)/b5-4-. The van der Waals surface area contributed by atoms with Crippen molar-refractivity contribution < 1.29 is 0 Å². The van der Waals surface area contributed by atoms with E-state index >= 15 is 0 Å². The number of aromatic amines is 1. The van der Waals surface area contributed by atoms with Crippen molar-refractivity contribution in [3.8, 4) is 0 Å². The molecule has 0 amide bonds. The predicted molar refractivity (Wildman–Crippen MR) is 75.3 cm³/mol. The summed E-state index contributed by atoms with van der Waals surface area (Å²) in [5, 5.41) is 1.43. The molecule has 2 aromatic rings. The van der Waals surface area contributed by atoms with Crippen molar-refractivity contribution in [3.05, 3.63) is 32.9 Å². The first kappa shape index (κ1) is 12.4. The van der Waals surface area contributed by atoms with Crippen molar-refractivity contribution in [2.75, 3.05) is 5.75 Å². The van der Waals surface area contributed by atoms with Crippen molar-refractivity contribution in [2.45, 2.75) is 25.9 Å². The third-order valence-electron chi connectivity index (χ3n) is 2.57. The monoisotopic (exact) mass is 266 g/mol. The van der Waals surface area contributed by atoms with Crippen LogP contribution in [0.4, 0.5) is 0 Å². The lowest BCUT2D eigenvalue weighted by molar-refractivity contribution is 0.981. The highest BCUT2D eigenvalue weighted by molar-refractivity contribution is 7.99. The molecule has 2 heterocycles. The van der Waals surface area contributed by atoms with E-state index < -0.39 is 0 Å².